The van der Waals surface area contributed by atoms with Gasteiger partial charge in [0.2, 0.25) is 5.91 Å². The van der Waals surface area contributed by atoms with Gasteiger partial charge in [0.25, 0.3) is 0 Å². The van der Waals surface area contributed by atoms with Crippen LogP contribution in [0.1, 0.15) is 18.9 Å². The minimum atomic E-state index is 0. The number of aromatic nitrogens is 2. The van der Waals surface area contributed by atoms with Gasteiger partial charge in [-0.25, -0.2) is 0 Å². The van der Waals surface area contributed by atoms with Crippen LogP contribution in [0.25, 0.3) is 0 Å². The number of halogens is 1. The molecule has 1 aromatic carbocycles. The standard InChI is InChI=1S/C22H32N6O3.HI/c1-5-23-22(24-10-6-7-17-8-9-19(30-3)20(13-17)31-4)27-11-12-28(21(29)16-27)18-14-25-26(2)15-18;/h8-9,13-15H,5-7,10-12,16H2,1-4H3,(H,23,24);1H. The summed E-state index contributed by atoms with van der Waals surface area (Å²) in [6, 6.07) is 5.98. The Morgan fingerprint density at radius 2 is 2.00 bits per heavy atom. The smallest absolute Gasteiger partial charge is 0.246 e. The summed E-state index contributed by atoms with van der Waals surface area (Å²) in [5, 5.41) is 7.48. The summed E-state index contributed by atoms with van der Waals surface area (Å²) in [4.78, 5) is 21.3. The Kier molecular flexibility index (Phi) is 10.1. The zero-order valence-corrected chi connectivity index (χ0v) is 21.5. The number of nitrogens with zero attached hydrogens (tertiary/aromatic N) is 5. The molecule has 1 saturated heterocycles. The van der Waals surface area contributed by atoms with Gasteiger partial charge in [-0.1, -0.05) is 6.07 Å². The Morgan fingerprint density at radius 1 is 1.22 bits per heavy atom. The van der Waals surface area contributed by atoms with Gasteiger partial charge in [0.15, 0.2) is 17.5 Å². The molecule has 32 heavy (non-hydrogen) atoms. The van der Waals surface area contributed by atoms with Gasteiger partial charge in [0.1, 0.15) is 6.54 Å². The molecule has 1 amide bonds. The lowest BCUT2D eigenvalue weighted by molar-refractivity contribution is -0.120. The van der Waals surface area contributed by atoms with E-state index >= 15 is 0 Å². The van der Waals surface area contributed by atoms with Crippen molar-refractivity contribution in [1.82, 2.24) is 20.0 Å². The van der Waals surface area contributed by atoms with Gasteiger partial charge in [0, 0.05) is 39.4 Å². The van der Waals surface area contributed by atoms with Gasteiger partial charge in [-0.15, -0.1) is 24.0 Å². The van der Waals surface area contributed by atoms with Crippen molar-refractivity contribution in [2.24, 2.45) is 12.0 Å². The summed E-state index contributed by atoms with van der Waals surface area (Å²) >= 11 is 0. The highest BCUT2D eigenvalue weighted by Gasteiger charge is 2.27. The number of rotatable bonds is 8. The van der Waals surface area contributed by atoms with Crippen molar-refractivity contribution in [3.8, 4) is 11.5 Å². The van der Waals surface area contributed by atoms with E-state index in [1.165, 1.54) is 5.56 Å². The topological polar surface area (TPSA) is 84.2 Å². The molecule has 9 nitrogen and oxygen atoms in total. The number of hydrogen-bond donors (Lipinski definition) is 1. The molecule has 0 atom stereocenters. The number of ether oxygens (including phenoxy) is 2. The molecule has 0 bridgehead atoms. The second-order valence-corrected chi connectivity index (χ2v) is 7.37. The number of aryl methyl sites for hydroxylation is 2. The Labute approximate surface area is 206 Å². The number of benzene rings is 1. The van der Waals surface area contributed by atoms with Crippen LogP contribution >= 0.6 is 24.0 Å². The lowest BCUT2D eigenvalue weighted by atomic mass is 10.1. The third kappa shape index (κ3) is 6.50. The maximum atomic E-state index is 12.7. The highest BCUT2D eigenvalue weighted by atomic mass is 127. The van der Waals surface area contributed by atoms with Gasteiger partial charge in [-0.2, -0.15) is 5.10 Å². The number of hydrogen-bond acceptors (Lipinski definition) is 5. The van der Waals surface area contributed by atoms with Crippen molar-refractivity contribution < 1.29 is 14.3 Å². The van der Waals surface area contributed by atoms with E-state index in [9.17, 15) is 4.79 Å². The molecular weight excluding hydrogens is 523 g/mol. The minimum Gasteiger partial charge on any atom is -0.493 e. The zero-order chi connectivity index (χ0) is 22.2. The van der Waals surface area contributed by atoms with E-state index in [2.05, 4.69) is 10.4 Å². The van der Waals surface area contributed by atoms with E-state index < -0.39 is 0 Å². The fourth-order valence-electron chi connectivity index (χ4n) is 3.60. The second-order valence-electron chi connectivity index (χ2n) is 7.37. The van der Waals surface area contributed by atoms with Crippen molar-refractivity contribution in [2.75, 3.05) is 51.8 Å². The van der Waals surface area contributed by atoms with E-state index in [1.54, 1.807) is 30.0 Å². The lowest BCUT2D eigenvalue weighted by Gasteiger charge is -2.35. The molecule has 0 aliphatic carbocycles. The molecular formula is C22H33IN6O3. The van der Waals surface area contributed by atoms with E-state index in [1.807, 2.05) is 43.3 Å². The molecule has 176 valence electrons. The summed E-state index contributed by atoms with van der Waals surface area (Å²) in [5.41, 5.74) is 2.02. The maximum Gasteiger partial charge on any atom is 0.246 e. The quantitative estimate of drug-likeness (QED) is 0.233. The van der Waals surface area contributed by atoms with Crippen molar-refractivity contribution in [1.29, 1.82) is 0 Å². The van der Waals surface area contributed by atoms with Crippen molar-refractivity contribution in [3.05, 3.63) is 36.2 Å². The summed E-state index contributed by atoms with van der Waals surface area (Å²) in [5.74, 6) is 2.31. The first-order chi connectivity index (χ1) is 15.0. The van der Waals surface area contributed by atoms with Crippen LogP contribution < -0.4 is 19.7 Å². The third-order valence-electron chi connectivity index (χ3n) is 5.19. The molecule has 0 unspecified atom stereocenters. The van der Waals surface area contributed by atoms with Crippen LogP contribution in [0.3, 0.4) is 0 Å². The number of methoxy groups -OCH3 is 2. The van der Waals surface area contributed by atoms with Crippen LogP contribution in [0.2, 0.25) is 0 Å². The summed E-state index contributed by atoms with van der Waals surface area (Å²) in [6.07, 6.45) is 5.37. The van der Waals surface area contributed by atoms with Crippen LogP contribution in [-0.2, 0) is 18.3 Å². The van der Waals surface area contributed by atoms with Gasteiger partial charge < -0.3 is 24.6 Å². The van der Waals surface area contributed by atoms with Crippen LogP contribution in [-0.4, -0.2) is 73.5 Å². The van der Waals surface area contributed by atoms with Crippen molar-refractivity contribution >= 4 is 41.5 Å². The maximum absolute atomic E-state index is 12.7. The average Bonchev–Trinajstić information content (AvgIpc) is 3.21. The van der Waals surface area contributed by atoms with Crippen LogP contribution in [0, 0.1) is 0 Å². The lowest BCUT2D eigenvalue weighted by Crippen LogP contribution is -2.55. The molecule has 3 rings (SSSR count). The van der Waals surface area contributed by atoms with E-state index in [-0.39, 0.29) is 29.9 Å². The fraction of sp³-hybridized carbons (Fsp3) is 0.500. The Morgan fingerprint density at radius 3 is 2.62 bits per heavy atom. The van der Waals surface area contributed by atoms with Crippen LogP contribution in [0.15, 0.2) is 35.6 Å². The fourth-order valence-corrected chi connectivity index (χ4v) is 3.60. The summed E-state index contributed by atoms with van der Waals surface area (Å²) in [6.45, 7) is 5.10. The first-order valence-corrected chi connectivity index (χ1v) is 10.6. The van der Waals surface area contributed by atoms with Crippen LogP contribution in [0.5, 0.6) is 11.5 Å². The van der Waals surface area contributed by atoms with Gasteiger partial charge in [0.05, 0.1) is 26.1 Å². The molecule has 0 saturated carbocycles. The first-order valence-electron chi connectivity index (χ1n) is 10.6. The zero-order valence-electron chi connectivity index (χ0n) is 19.2. The van der Waals surface area contributed by atoms with Gasteiger partial charge in [-0.3, -0.25) is 14.5 Å². The number of guanidine groups is 1. The number of piperazine rings is 1. The number of carbonyl (C=O) groups excluding carboxylic acids is 1. The molecule has 10 heteroatoms. The third-order valence-corrected chi connectivity index (χ3v) is 5.19. The van der Waals surface area contributed by atoms with Crippen molar-refractivity contribution in [2.45, 2.75) is 19.8 Å². The normalized spacial score (nSPS) is 14.2. The number of carbonyl (C=O) groups is 1. The molecule has 1 fully saturated rings. The summed E-state index contributed by atoms with van der Waals surface area (Å²) < 4.78 is 12.4. The molecule has 2 heterocycles. The molecule has 1 aliphatic heterocycles. The molecule has 2 aromatic rings. The number of anilines is 1. The number of amides is 1. The van der Waals surface area contributed by atoms with Crippen molar-refractivity contribution in [3.63, 3.8) is 0 Å². The predicted molar refractivity (Wildman–Crippen MR) is 136 cm³/mol. The predicted octanol–water partition coefficient (Wildman–Crippen LogP) is 2.30. The molecule has 1 aromatic heterocycles. The highest BCUT2D eigenvalue weighted by molar-refractivity contribution is 14.0. The van der Waals surface area contributed by atoms with E-state index in [0.717, 1.165) is 49.1 Å². The SMILES string of the molecule is CCNC(=NCCCc1ccc(OC)c(OC)c1)N1CCN(c2cnn(C)c2)C(=O)C1.I. The minimum absolute atomic E-state index is 0. The number of aliphatic imine (C=N–C) groups is 1. The van der Waals surface area contributed by atoms with Gasteiger partial charge >= 0.3 is 0 Å². The average molecular weight is 556 g/mol. The van der Waals surface area contributed by atoms with Gasteiger partial charge in [-0.05, 0) is 37.5 Å². The Hall–Kier alpha value is -2.50. The molecule has 0 spiro atoms. The number of nitrogens with one attached hydrogen (secondary N) is 1. The largest absolute Gasteiger partial charge is 0.493 e. The van der Waals surface area contributed by atoms with Crippen LogP contribution in [0.4, 0.5) is 5.69 Å². The van der Waals surface area contributed by atoms with E-state index in [0.29, 0.717) is 19.6 Å². The Bertz CT molecular complexity index is 917. The highest BCUT2D eigenvalue weighted by Crippen LogP contribution is 2.28. The molecule has 1 aliphatic rings. The second kappa shape index (κ2) is 12.5. The Balaban J connectivity index is 0.00000363. The monoisotopic (exact) mass is 556 g/mol. The van der Waals surface area contributed by atoms with E-state index in [4.69, 9.17) is 14.5 Å². The molecule has 0 radical (unpaired) electrons. The molecule has 1 N–H and O–H groups in total. The first kappa shape index (κ1) is 25.8. The summed E-state index contributed by atoms with van der Waals surface area (Å²) in [7, 11) is 5.13.